The molecule has 0 spiro atoms. The number of halogens is 1. The zero-order chi connectivity index (χ0) is 9.97. The Morgan fingerprint density at radius 2 is 2.14 bits per heavy atom. The van der Waals surface area contributed by atoms with E-state index in [1.54, 1.807) is 12.3 Å². The molecule has 2 rings (SSSR count). The molecule has 1 aromatic carbocycles. The summed E-state index contributed by atoms with van der Waals surface area (Å²) in [5.74, 6) is 0.736. The highest BCUT2D eigenvalue weighted by Gasteiger charge is 1.98. The minimum absolute atomic E-state index is 0.662. The molecule has 1 N–H and O–H groups in total. The van der Waals surface area contributed by atoms with Crippen LogP contribution >= 0.6 is 23.8 Å². The fourth-order valence-electron chi connectivity index (χ4n) is 1.15. The van der Waals surface area contributed by atoms with E-state index in [0.29, 0.717) is 9.66 Å². The van der Waals surface area contributed by atoms with Crippen LogP contribution in [0, 0.1) is 4.64 Å². The summed E-state index contributed by atoms with van der Waals surface area (Å²) in [6.45, 7) is 0. The number of benzene rings is 1. The van der Waals surface area contributed by atoms with Gasteiger partial charge in [0.1, 0.15) is 10.5 Å². The number of hydrogen-bond donors (Lipinski definition) is 1. The van der Waals surface area contributed by atoms with Gasteiger partial charge in [0.2, 0.25) is 0 Å². The van der Waals surface area contributed by atoms with Gasteiger partial charge in [-0.2, -0.15) is 0 Å². The summed E-state index contributed by atoms with van der Waals surface area (Å²) in [5.41, 5.74) is 0.934. The molecule has 70 valence electrons. The molecule has 0 unspecified atom stereocenters. The van der Waals surface area contributed by atoms with Crippen LogP contribution in [0.5, 0.6) is 0 Å². The Bertz CT molecular complexity index is 507. The van der Waals surface area contributed by atoms with Crippen LogP contribution in [0.3, 0.4) is 0 Å². The van der Waals surface area contributed by atoms with Gasteiger partial charge in [-0.25, -0.2) is 4.98 Å². The van der Waals surface area contributed by atoms with E-state index in [4.69, 9.17) is 23.8 Å². The first-order valence-corrected chi connectivity index (χ1v) is 4.85. The van der Waals surface area contributed by atoms with Crippen LogP contribution in [-0.2, 0) is 0 Å². The number of H-pyrrole nitrogens is 1. The van der Waals surface area contributed by atoms with Gasteiger partial charge in [0.15, 0.2) is 0 Å². The van der Waals surface area contributed by atoms with Crippen molar-refractivity contribution in [3.63, 3.8) is 0 Å². The Kier molecular flexibility index (Phi) is 2.61. The SMILES string of the molecule is S=c1ccnc(-c2cccc(Cl)c2)[nH]1. The Balaban J connectivity index is 2.55. The van der Waals surface area contributed by atoms with E-state index >= 15 is 0 Å². The number of hydrogen-bond acceptors (Lipinski definition) is 2. The fourth-order valence-corrected chi connectivity index (χ4v) is 1.50. The monoisotopic (exact) mass is 222 g/mol. The largest absolute Gasteiger partial charge is 0.331 e. The molecule has 0 aliphatic rings. The van der Waals surface area contributed by atoms with Gasteiger partial charge in [0.25, 0.3) is 0 Å². The molecule has 4 heteroatoms. The molecular weight excluding hydrogens is 216 g/mol. The van der Waals surface area contributed by atoms with Crippen LogP contribution in [-0.4, -0.2) is 9.97 Å². The molecule has 2 nitrogen and oxygen atoms in total. The topological polar surface area (TPSA) is 28.7 Å². The highest BCUT2D eigenvalue weighted by molar-refractivity contribution is 7.71. The lowest BCUT2D eigenvalue weighted by Crippen LogP contribution is -1.87. The summed E-state index contributed by atoms with van der Waals surface area (Å²) in [6, 6.07) is 9.21. The summed E-state index contributed by atoms with van der Waals surface area (Å²) < 4.78 is 0.662. The van der Waals surface area contributed by atoms with Crippen molar-refractivity contribution in [2.45, 2.75) is 0 Å². The van der Waals surface area contributed by atoms with Crippen LogP contribution in [0.1, 0.15) is 0 Å². The Labute approximate surface area is 91.6 Å². The second-order valence-electron chi connectivity index (χ2n) is 2.79. The lowest BCUT2D eigenvalue weighted by Gasteiger charge is -2.00. The van der Waals surface area contributed by atoms with Gasteiger partial charge in [-0.15, -0.1) is 0 Å². The van der Waals surface area contributed by atoms with E-state index in [-0.39, 0.29) is 0 Å². The van der Waals surface area contributed by atoms with Crippen molar-refractivity contribution < 1.29 is 0 Å². The zero-order valence-electron chi connectivity index (χ0n) is 7.20. The molecule has 14 heavy (non-hydrogen) atoms. The maximum absolute atomic E-state index is 5.87. The van der Waals surface area contributed by atoms with E-state index in [2.05, 4.69) is 9.97 Å². The first-order chi connectivity index (χ1) is 6.75. The molecule has 0 fully saturated rings. The number of nitrogens with one attached hydrogen (secondary N) is 1. The van der Waals surface area contributed by atoms with Crippen LogP contribution in [0.25, 0.3) is 11.4 Å². The van der Waals surface area contributed by atoms with Crippen molar-refractivity contribution in [1.29, 1.82) is 0 Å². The summed E-state index contributed by atoms with van der Waals surface area (Å²) in [7, 11) is 0. The minimum Gasteiger partial charge on any atom is -0.331 e. The zero-order valence-corrected chi connectivity index (χ0v) is 8.77. The Hall–Kier alpha value is -1.19. The van der Waals surface area contributed by atoms with E-state index in [9.17, 15) is 0 Å². The summed E-state index contributed by atoms with van der Waals surface area (Å²) in [6.07, 6.45) is 1.68. The molecule has 1 aromatic heterocycles. The maximum atomic E-state index is 5.87. The lowest BCUT2D eigenvalue weighted by atomic mass is 10.2. The quantitative estimate of drug-likeness (QED) is 0.749. The molecule has 0 radical (unpaired) electrons. The summed E-state index contributed by atoms with van der Waals surface area (Å²) >= 11 is 10.9. The van der Waals surface area contributed by atoms with E-state index in [1.165, 1.54) is 0 Å². The van der Waals surface area contributed by atoms with E-state index in [0.717, 1.165) is 11.4 Å². The molecule has 2 aromatic rings. The number of aromatic amines is 1. The van der Waals surface area contributed by atoms with Crippen molar-refractivity contribution in [3.05, 3.63) is 46.2 Å². The third-order valence-electron chi connectivity index (χ3n) is 1.77. The molecule has 0 aliphatic heterocycles. The van der Waals surface area contributed by atoms with Gasteiger partial charge in [-0.3, -0.25) is 0 Å². The van der Waals surface area contributed by atoms with Gasteiger partial charge in [0.05, 0.1) is 0 Å². The number of rotatable bonds is 1. The second-order valence-corrected chi connectivity index (χ2v) is 3.67. The van der Waals surface area contributed by atoms with Crippen molar-refractivity contribution in [2.24, 2.45) is 0 Å². The molecule has 0 amide bonds. The van der Waals surface area contributed by atoms with Gasteiger partial charge in [0, 0.05) is 16.8 Å². The molecule has 0 bridgehead atoms. The predicted molar refractivity (Wildman–Crippen MR) is 59.9 cm³/mol. The van der Waals surface area contributed by atoms with E-state index in [1.807, 2.05) is 24.3 Å². The van der Waals surface area contributed by atoms with Crippen LogP contribution in [0.15, 0.2) is 36.5 Å². The molecule has 1 heterocycles. The third-order valence-corrected chi connectivity index (χ3v) is 2.24. The highest BCUT2D eigenvalue weighted by atomic mass is 35.5. The summed E-state index contributed by atoms with van der Waals surface area (Å²) in [4.78, 5) is 7.17. The Morgan fingerprint density at radius 1 is 1.29 bits per heavy atom. The van der Waals surface area contributed by atoms with Crippen molar-refractivity contribution in [1.82, 2.24) is 9.97 Å². The molecule has 0 atom stereocenters. The smallest absolute Gasteiger partial charge is 0.138 e. The number of aromatic nitrogens is 2. The highest BCUT2D eigenvalue weighted by Crippen LogP contribution is 2.18. The summed E-state index contributed by atoms with van der Waals surface area (Å²) in [5, 5.41) is 0.687. The molecule has 0 saturated carbocycles. The van der Waals surface area contributed by atoms with Gasteiger partial charge >= 0.3 is 0 Å². The first-order valence-electron chi connectivity index (χ1n) is 4.07. The van der Waals surface area contributed by atoms with Gasteiger partial charge in [-0.1, -0.05) is 36.0 Å². The first kappa shape index (κ1) is 9.37. The molecule has 0 saturated heterocycles. The number of nitrogens with zero attached hydrogens (tertiary/aromatic N) is 1. The van der Waals surface area contributed by atoms with Crippen molar-refractivity contribution in [2.75, 3.05) is 0 Å². The average molecular weight is 223 g/mol. The van der Waals surface area contributed by atoms with Crippen molar-refractivity contribution in [3.8, 4) is 11.4 Å². The average Bonchev–Trinajstić information content (AvgIpc) is 2.18. The third kappa shape index (κ3) is 2.00. The molecular formula is C10H7ClN2S. The van der Waals surface area contributed by atoms with E-state index < -0.39 is 0 Å². The van der Waals surface area contributed by atoms with Crippen LogP contribution < -0.4 is 0 Å². The maximum Gasteiger partial charge on any atom is 0.138 e. The lowest BCUT2D eigenvalue weighted by molar-refractivity contribution is 1.16. The van der Waals surface area contributed by atoms with Gasteiger partial charge in [-0.05, 0) is 18.2 Å². The second kappa shape index (κ2) is 3.90. The molecule has 0 aliphatic carbocycles. The normalized spacial score (nSPS) is 10.1. The standard InChI is InChI=1S/C10H7ClN2S/c11-8-3-1-2-7(6-8)10-12-5-4-9(14)13-10/h1-6H,(H,12,13,14). The van der Waals surface area contributed by atoms with Gasteiger partial charge < -0.3 is 4.98 Å². The van der Waals surface area contributed by atoms with Crippen LogP contribution in [0.4, 0.5) is 0 Å². The fraction of sp³-hybridized carbons (Fsp3) is 0. The Morgan fingerprint density at radius 3 is 2.86 bits per heavy atom. The minimum atomic E-state index is 0.662. The van der Waals surface area contributed by atoms with Crippen LogP contribution in [0.2, 0.25) is 5.02 Å². The van der Waals surface area contributed by atoms with Crippen molar-refractivity contribution >= 4 is 23.8 Å². The predicted octanol–water partition coefficient (Wildman–Crippen LogP) is 3.46.